The molecule has 1 heterocycles. The van der Waals surface area contributed by atoms with Crippen LogP contribution in [0.15, 0.2) is 18.2 Å². The molecule has 0 aliphatic carbocycles. The van der Waals surface area contributed by atoms with E-state index in [1.165, 1.54) is 0 Å². The quantitative estimate of drug-likeness (QED) is 0.911. The topological polar surface area (TPSA) is 50.8 Å². The number of nitrogens with one attached hydrogen (secondary N) is 1. The van der Waals surface area contributed by atoms with Gasteiger partial charge < -0.3 is 19.7 Å². The number of nitrogens with zero attached hydrogens (tertiary/aromatic N) is 1. The van der Waals surface area contributed by atoms with Crippen LogP contribution in [0.3, 0.4) is 0 Å². The molecule has 1 aliphatic heterocycles. The summed E-state index contributed by atoms with van der Waals surface area (Å²) in [7, 11) is 3.15. The molecule has 1 aromatic carbocycles. The van der Waals surface area contributed by atoms with Crippen molar-refractivity contribution < 1.29 is 14.3 Å². The molecule has 0 saturated carbocycles. The predicted molar refractivity (Wildman–Crippen MR) is 77.5 cm³/mol. The first-order valence-corrected chi connectivity index (χ1v) is 6.73. The van der Waals surface area contributed by atoms with Gasteiger partial charge in [0.15, 0.2) is 11.5 Å². The molecule has 1 aliphatic rings. The molecule has 20 heavy (non-hydrogen) atoms. The van der Waals surface area contributed by atoms with Crippen LogP contribution in [0.1, 0.15) is 24.2 Å². The highest BCUT2D eigenvalue weighted by molar-refractivity contribution is 5.95. The number of carbonyl (C=O) groups is 1. The average molecular weight is 278 g/mol. The van der Waals surface area contributed by atoms with Gasteiger partial charge in [0.2, 0.25) is 0 Å². The SMILES string of the molecule is COc1ccc(C(=O)N2CCNC(C)(C)C2)cc1OC. The van der Waals surface area contributed by atoms with E-state index in [1.807, 2.05) is 4.90 Å². The van der Waals surface area contributed by atoms with Gasteiger partial charge >= 0.3 is 0 Å². The van der Waals surface area contributed by atoms with E-state index >= 15 is 0 Å². The molecule has 0 radical (unpaired) electrons. The number of hydrogen-bond donors (Lipinski definition) is 1. The van der Waals surface area contributed by atoms with Crippen molar-refractivity contribution in [3.63, 3.8) is 0 Å². The lowest BCUT2D eigenvalue weighted by molar-refractivity contribution is 0.0652. The first kappa shape index (κ1) is 14.7. The van der Waals surface area contributed by atoms with Gasteiger partial charge in [0, 0.05) is 30.7 Å². The predicted octanol–water partition coefficient (Wildman–Crippen LogP) is 1.53. The van der Waals surface area contributed by atoms with Crippen LogP contribution in [0.5, 0.6) is 11.5 Å². The van der Waals surface area contributed by atoms with Crippen molar-refractivity contribution in [1.29, 1.82) is 0 Å². The smallest absolute Gasteiger partial charge is 0.254 e. The Hall–Kier alpha value is -1.75. The summed E-state index contributed by atoms with van der Waals surface area (Å²) < 4.78 is 10.4. The molecule has 0 aromatic heterocycles. The van der Waals surface area contributed by atoms with Crippen molar-refractivity contribution in [3.05, 3.63) is 23.8 Å². The molecule has 5 heteroatoms. The van der Waals surface area contributed by atoms with E-state index in [4.69, 9.17) is 9.47 Å². The van der Waals surface area contributed by atoms with Gasteiger partial charge in [0.05, 0.1) is 14.2 Å². The first-order chi connectivity index (χ1) is 9.46. The fourth-order valence-corrected chi connectivity index (χ4v) is 2.47. The van der Waals surface area contributed by atoms with Gasteiger partial charge in [-0.15, -0.1) is 0 Å². The highest BCUT2D eigenvalue weighted by Crippen LogP contribution is 2.28. The van der Waals surface area contributed by atoms with E-state index in [0.717, 1.165) is 13.1 Å². The van der Waals surface area contributed by atoms with Crippen molar-refractivity contribution in [2.45, 2.75) is 19.4 Å². The number of benzene rings is 1. The van der Waals surface area contributed by atoms with E-state index in [-0.39, 0.29) is 11.4 Å². The van der Waals surface area contributed by atoms with Crippen molar-refractivity contribution in [1.82, 2.24) is 10.2 Å². The van der Waals surface area contributed by atoms with Crippen LogP contribution in [0.4, 0.5) is 0 Å². The van der Waals surface area contributed by atoms with Gasteiger partial charge in [-0.3, -0.25) is 4.79 Å². The summed E-state index contributed by atoms with van der Waals surface area (Å²) in [5.41, 5.74) is 0.574. The first-order valence-electron chi connectivity index (χ1n) is 6.73. The Balaban J connectivity index is 2.20. The Kier molecular flexibility index (Phi) is 4.18. The van der Waals surface area contributed by atoms with Gasteiger partial charge in [-0.05, 0) is 32.0 Å². The number of ether oxygens (including phenoxy) is 2. The van der Waals surface area contributed by atoms with Gasteiger partial charge in [-0.1, -0.05) is 0 Å². The number of piperazine rings is 1. The highest BCUT2D eigenvalue weighted by atomic mass is 16.5. The van der Waals surface area contributed by atoms with Gasteiger partial charge in [-0.2, -0.15) is 0 Å². The minimum atomic E-state index is -0.0511. The summed E-state index contributed by atoms with van der Waals surface area (Å²) in [6.45, 7) is 6.42. The second-order valence-electron chi connectivity index (χ2n) is 5.61. The van der Waals surface area contributed by atoms with Gasteiger partial charge in [0.1, 0.15) is 0 Å². The Morgan fingerprint density at radius 1 is 1.25 bits per heavy atom. The molecular weight excluding hydrogens is 256 g/mol. The Morgan fingerprint density at radius 2 is 1.95 bits per heavy atom. The molecule has 1 saturated heterocycles. The minimum Gasteiger partial charge on any atom is -0.493 e. The van der Waals surface area contributed by atoms with E-state index in [9.17, 15) is 4.79 Å². The van der Waals surface area contributed by atoms with E-state index in [0.29, 0.717) is 23.6 Å². The molecule has 1 amide bonds. The second kappa shape index (κ2) is 5.71. The Bertz CT molecular complexity index is 500. The Morgan fingerprint density at radius 3 is 2.55 bits per heavy atom. The maximum Gasteiger partial charge on any atom is 0.254 e. The van der Waals surface area contributed by atoms with E-state index in [2.05, 4.69) is 19.2 Å². The van der Waals surface area contributed by atoms with Gasteiger partial charge in [-0.25, -0.2) is 0 Å². The third kappa shape index (κ3) is 3.04. The molecule has 1 fully saturated rings. The zero-order chi connectivity index (χ0) is 14.8. The summed E-state index contributed by atoms with van der Waals surface area (Å²) in [5.74, 6) is 1.23. The zero-order valence-electron chi connectivity index (χ0n) is 12.5. The van der Waals surface area contributed by atoms with Crippen molar-refractivity contribution in [2.75, 3.05) is 33.9 Å². The third-order valence-electron chi connectivity index (χ3n) is 3.49. The van der Waals surface area contributed by atoms with Crippen LogP contribution < -0.4 is 14.8 Å². The van der Waals surface area contributed by atoms with Crippen molar-refractivity contribution in [2.24, 2.45) is 0 Å². The normalized spacial score (nSPS) is 17.7. The summed E-state index contributed by atoms with van der Waals surface area (Å²) >= 11 is 0. The maximum atomic E-state index is 12.6. The largest absolute Gasteiger partial charge is 0.493 e. The van der Waals surface area contributed by atoms with Crippen LogP contribution >= 0.6 is 0 Å². The summed E-state index contributed by atoms with van der Waals surface area (Å²) in [6, 6.07) is 5.27. The monoisotopic (exact) mass is 278 g/mol. The molecule has 0 bridgehead atoms. The van der Waals surface area contributed by atoms with Crippen molar-refractivity contribution >= 4 is 5.91 Å². The average Bonchev–Trinajstić information content (AvgIpc) is 2.44. The molecule has 1 aromatic rings. The van der Waals surface area contributed by atoms with Gasteiger partial charge in [0.25, 0.3) is 5.91 Å². The molecule has 1 N–H and O–H groups in total. The number of amides is 1. The number of methoxy groups -OCH3 is 2. The summed E-state index contributed by atoms with van der Waals surface area (Å²) in [6.07, 6.45) is 0. The van der Waals surface area contributed by atoms with Crippen LogP contribution in [-0.2, 0) is 0 Å². The molecule has 5 nitrogen and oxygen atoms in total. The number of carbonyl (C=O) groups excluding carboxylic acids is 1. The van der Waals surface area contributed by atoms with Crippen LogP contribution in [0, 0.1) is 0 Å². The number of hydrogen-bond acceptors (Lipinski definition) is 4. The lowest BCUT2D eigenvalue weighted by Crippen LogP contribution is -2.58. The molecule has 0 unspecified atom stereocenters. The van der Waals surface area contributed by atoms with Crippen molar-refractivity contribution in [3.8, 4) is 11.5 Å². The Labute approximate surface area is 119 Å². The molecule has 2 rings (SSSR count). The maximum absolute atomic E-state index is 12.6. The van der Waals surface area contributed by atoms with Crippen LogP contribution in [0.2, 0.25) is 0 Å². The second-order valence-corrected chi connectivity index (χ2v) is 5.61. The van der Waals surface area contributed by atoms with Crippen LogP contribution in [-0.4, -0.2) is 50.2 Å². The summed E-state index contributed by atoms with van der Waals surface area (Å²) in [5, 5.41) is 3.40. The van der Waals surface area contributed by atoms with Crippen LogP contribution in [0.25, 0.3) is 0 Å². The molecule has 110 valence electrons. The fourth-order valence-electron chi connectivity index (χ4n) is 2.47. The zero-order valence-corrected chi connectivity index (χ0v) is 12.5. The summed E-state index contributed by atoms with van der Waals surface area (Å²) in [4.78, 5) is 14.4. The lowest BCUT2D eigenvalue weighted by Gasteiger charge is -2.39. The number of rotatable bonds is 3. The van der Waals surface area contributed by atoms with E-state index in [1.54, 1.807) is 32.4 Å². The van der Waals surface area contributed by atoms with E-state index < -0.39 is 0 Å². The minimum absolute atomic E-state index is 0.0283. The standard InChI is InChI=1S/C15H22N2O3/c1-15(2)10-17(8-7-16-15)14(18)11-5-6-12(19-3)13(9-11)20-4/h5-6,9,16H,7-8,10H2,1-4H3. The molecule has 0 atom stereocenters. The fraction of sp³-hybridized carbons (Fsp3) is 0.533. The highest BCUT2D eigenvalue weighted by Gasteiger charge is 2.29. The molecule has 0 spiro atoms. The lowest BCUT2D eigenvalue weighted by atomic mass is 10.0. The molecular formula is C15H22N2O3. The third-order valence-corrected chi connectivity index (χ3v) is 3.49.